The molecule has 4 heterocycles. The lowest BCUT2D eigenvalue weighted by atomic mass is 9.99. The van der Waals surface area contributed by atoms with E-state index in [9.17, 15) is 0 Å². The Morgan fingerprint density at radius 2 is 0.649 bits per heavy atom. The van der Waals surface area contributed by atoms with E-state index in [1.54, 1.807) is 0 Å². The number of rotatable bonds is 7. The van der Waals surface area contributed by atoms with Gasteiger partial charge < -0.3 is 4.74 Å². The van der Waals surface area contributed by atoms with E-state index in [1.165, 1.54) is 16.7 Å². The second-order valence-corrected chi connectivity index (χ2v) is 14.3. The minimum atomic E-state index is 0.741. The Kier molecular flexibility index (Phi) is 7.74. The van der Waals surface area contributed by atoms with Crippen LogP contribution in [0, 0.1) is 0 Å². The molecule has 57 heavy (non-hydrogen) atoms. The molecule has 0 saturated carbocycles. The van der Waals surface area contributed by atoms with Gasteiger partial charge in [-0.15, -0.1) is 0 Å². The summed E-state index contributed by atoms with van der Waals surface area (Å²) in [6.07, 6.45) is 3.69. The molecule has 0 atom stereocenters. The van der Waals surface area contributed by atoms with Crippen LogP contribution in [0.15, 0.2) is 207 Å². The summed E-state index contributed by atoms with van der Waals surface area (Å²) in [5, 5.41) is 4.59. The topological polar surface area (TPSA) is 44.9 Å². The third-order valence-electron chi connectivity index (χ3n) is 10.9. The van der Waals surface area contributed by atoms with Gasteiger partial charge in [-0.2, -0.15) is 0 Å². The number of hydrogen-bond acceptors (Lipinski definition) is 3. The van der Waals surface area contributed by atoms with Crippen LogP contribution in [-0.2, 0) is 0 Å². The Hall–Kier alpha value is -7.76. The van der Waals surface area contributed by atoms with Crippen LogP contribution < -0.4 is 4.74 Å². The Morgan fingerprint density at radius 1 is 0.298 bits per heavy atom. The Bertz CT molecular complexity index is 3230. The highest BCUT2D eigenvalue weighted by molar-refractivity contribution is 6.11. The van der Waals surface area contributed by atoms with Crippen LogP contribution in [-0.4, -0.2) is 19.1 Å². The second-order valence-electron chi connectivity index (χ2n) is 14.3. The molecule has 11 rings (SSSR count). The highest BCUT2D eigenvalue weighted by Crippen LogP contribution is 2.40. The van der Waals surface area contributed by atoms with Crippen molar-refractivity contribution in [3.05, 3.63) is 207 Å². The van der Waals surface area contributed by atoms with E-state index >= 15 is 0 Å². The van der Waals surface area contributed by atoms with E-state index in [-0.39, 0.29) is 0 Å². The first-order valence-corrected chi connectivity index (χ1v) is 19.1. The zero-order valence-electron chi connectivity index (χ0n) is 30.8. The number of hydrogen-bond donors (Lipinski definition) is 0. The smallest absolute Gasteiger partial charge is 0.137 e. The van der Waals surface area contributed by atoms with Crippen LogP contribution >= 0.6 is 0 Å². The van der Waals surface area contributed by atoms with Crippen molar-refractivity contribution in [1.29, 1.82) is 0 Å². The average molecular weight is 731 g/mol. The summed E-state index contributed by atoms with van der Waals surface area (Å²) in [5.41, 5.74) is 11.3. The van der Waals surface area contributed by atoms with E-state index in [0.717, 1.165) is 83.4 Å². The lowest BCUT2D eigenvalue weighted by Crippen LogP contribution is -1.97. The quantitative estimate of drug-likeness (QED) is 0.164. The molecule has 11 aromatic rings. The number of pyridine rings is 2. The minimum absolute atomic E-state index is 0.741. The molecule has 268 valence electrons. The van der Waals surface area contributed by atoms with E-state index in [1.807, 2.05) is 48.8 Å². The van der Waals surface area contributed by atoms with Gasteiger partial charge in [0.2, 0.25) is 0 Å². The Morgan fingerprint density at radius 3 is 1.09 bits per heavy atom. The maximum absolute atomic E-state index is 6.73. The largest absolute Gasteiger partial charge is 0.457 e. The van der Waals surface area contributed by atoms with Crippen molar-refractivity contribution < 1.29 is 4.74 Å². The standard InChI is InChI=1S/C52H34N4O/c1-3-11-35(12-4-1)37-17-19-38(20-18-37)40-22-26-44-46-28-24-42(34-50(46)56(48(44)32-40)52-16-8-10-30-54-52)57-41-23-27-45-43-25-21-39(36-13-5-2-6-14-36)31-47(43)55(49(45)33-41)51-15-7-9-29-53-51/h1-34H. The number of aromatic nitrogens is 4. The van der Waals surface area contributed by atoms with Gasteiger partial charge in [-0.3, -0.25) is 9.13 Å². The van der Waals surface area contributed by atoms with Crippen LogP contribution in [0.4, 0.5) is 0 Å². The van der Waals surface area contributed by atoms with Crippen LogP contribution in [0.3, 0.4) is 0 Å². The van der Waals surface area contributed by atoms with Gasteiger partial charge in [0.05, 0.1) is 22.1 Å². The molecule has 5 heteroatoms. The predicted molar refractivity (Wildman–Crippen MR) is 234 cm³/mol. The third-order valence-corrected chi connectivity index (χ3v) is 10.9. The molecule has 0 aliphatic carbocycles. The first kappa shape index (κ1) is 32.7. The fourth-order valence-corrected chi connectivity index (χ4v) is 8.20. The highest BCUT2D eigenvalue weighted by atomic mass is 16.5. The summed E-state index contributed by atoms with van der Waals surface area (Å²) in [6, 6.07) is 68.0. The Balaban J connectivity index is 1.02. The predicted octanol–water partition coefficient (Wildman–Crippen LogP) is 13.5. The van der Waals surface area contributed by atoms with Gasteiger partial charge in [-0.25, -0.2) is 9.97 Å². The van der Waals surface area contributed by atoms with E-state index in [2.05, 4.69) is 167 Å². The molecule has 0 saturated heterocycles. The lowest BCUT2D eigenvalue weighted by molar-refractivity contribution is 0.484. The molecule has 0 aliphatic heterocycles. The summed E-state index contributed by atoms with van der Waals surface area (Å²) >= 11 is 0. The van der Waals surface area contributed by atoms with Gasteiger partial charge in [0.1, 0.15) is 23.1 Å². The molecule has 0 amide bonds. The molecule has 7 aromatic carbocycles. The van der Waals surface area contributed by atoms with Gasteiger partial charge in [-0.1, -0.05) is 121 Å². The molecular formula is C52H34N4O. The zero-order valence-corrected chi connectivity index (χ0v) is 30.8. The van der Waals surface area contributed by atoms with Crippen molar-refractivity contribution in [3.63, 3.8) is 0 Å². The number of nitrogens with zero attached hydrogens (tertiary/aromatic N) is 4. The summed E-state index contributed by atoms with van der Waals surface area (Å²) in [5.74, 6) is 3.19. The van der Waals surface area contributed by atoms with Crippen LogP contribution in [0.25, 0.3) is 88.6 Å². The second kappa shape index (κ2) is 13.5. The molecule has 5 nitrogen and oxygen atoms in total. The fourth-order valence-electron chi connectivity index (χ4n) is 8.20. The van der Waals surface area contributed by atoms with Crippen molar-refractivity contribution in [1.82, 2.24) is 19.1 Å². The maximum Gasteiger partial charge on any atom is 0.137 e. The summed E-state index contributed by atoms with van der Waals surface area (Å²) in [7, 11) is 0. The third kappa shape index (κ3) is 5.72. The summed E-state index contributed by atoms with van der Waals surface area (Å²) in [4.78, 5) is 9.60. The zero-order chi connectivity index (χ0) is 37.7. The number of ether oxygens (including phenoxy) is 1. The molecule has 0 fully saturated rings. The van der Waals surface area contributed by atoms with Gasteiger partial charge >= 0.3 is 0 Å². The van der Waals surface area contributed by atoms with Gasteiger partial charge in [0.25, 0.3) is 0 Å². The van der Waals surface area contributed by atoms with Crippen molar-refractivity contribution in [2.24, 2.45) is 0 Å². The molecular weight excluding hydrogens is 697 g/mol. The van der Waals surface area contributed by atoms with Crippen molar-refractivity contribution in [2.75, 3.05) is 0 Å². The van der Waals surface area contributed by atoms with Crippen LogP contribution in [0.1, 0.15) is 0 Å². The van der Waals surface area contributed by atoms with E-state index < -0.39 is 0 Å². The van der Waals surface area contributed by atoms with Crippen LogP contribution in [0.5, 0.6) is 11.5 Å². The van der Waals surface area contributed by atoms with Crippen molar-refractivity contribution in [3.8, 4) is 56.5 Å². The van der Waals surface area contributed by atoms with Crippen LogP contribution in [0.2, 0.25) is 0 Å². The van der Waals surface area contributed by atoms with Gasteiger partial charge in [-0.05, 0) is 94.0 Å². The maximum atomic E-state index is 6.73. The molecule has 0 aliphatic rings. The SMILES string of the molecule is c1ccc(-c2ccc(-c3ccc4c5ccc(Oc6ccc7c8ccc(-c9ccccc9)cc8n(-c8ccccn8)c7c6)cc5n(-c5ccccn5)c4c3)cc2)cc1. The average Bonchev–Trinajstić information content (AvgIpc) is 3.78. The summed E-state index contributed by atoms with van der Waals surface area (Å²) < 4.78 is 11.2. The molecule has 0 N–H and O–H groups in total. The first-order chi connectivity index (χ1) is 28.2. The molecule has 0 bridgehead atoms. The molecule has 0 radical (unpaired) electrons. The first-order valence-electron chi connectivity index (χ1n) is 19.1. The van der Waals surface area contributed by atoms with Crippen molar-refractivity contribution >= 4 is 43.6 Å². The van der Waals surface area contributed by atoms with Gasteiger partial charge in [0, 0.05) is 46.1 Å². The number of benzene rings is 7. The minimum Gasteiger partial charge on any atom is -0.457 e. The monoisotopic (exact) mass is 730 g/mol. The normalized spacial score (nSPS) is 11.5. The summed E-state index contributed by atoms with van der Waals surface area (Å²) in [6.45, 7) is 0. The van der Waals surface area contributed by atoms with E-state index in [0.29, 0.717) is 0 Å². The number of fused-ring (bicyclic) bond motifs is 6. The highest BCUT2D eigenvalue weighted by Gasteiger charge is 2.18. The Labute approximate surface area is 329 Å². The molecule has 0 unspecified atom stereocenters. The fraction of sp³-hybridized carbons (Fsp3) is 0. The molecule has 0 spiro atoms. The van der Waals surface area contributed by atoms with E-state index in [4.69, 9.17) is 14.7 Å². The van der Waals surface area contributed by atoms with Crippen molar-refractivity contribution in [2.45, 2.75) is 0 Å². The molecule has 4 aromatic heterocycles. The lowest BCUT2D eigenvalue weighted by Gasteiger charge is -2.11. The van der Waals surface area contributed by atoms with Gasteiger partial charge in [0.15, 0.2) is 0 Å².